The molecule has 0 spiro atoms. The lowest BCUT2D eigenvalue weighted by Gasteiger charge is -2.12. The van der Waals surface area contributed by atoms with E-state index in [1.165, 1.54) is 25.1 Å². The molecule has 0 radical (unpaired) electrons. The minimum Gasteiger partial charge on any atom is -0.476 e. The van der Waals surface area contributed by atoms with Crippen LogP contribution in [0.4, 0.5) is 13.2 Å². The van der Waals surface area contributed by atoms with E-state index in [0.717, 1.165) is 6.07 Å². The van der Waals surface area contributed by atoms with Gasteiger partial charge >= 0.3 is 12.1 Å². The molecule has 130 valence electrons. The van der Waals surface area contributed by atoms with Crippen LogP contribution >= 0.6 is 11.6 Å². The highest BCUT2D eigenvalue weighted by Gasteiger charge is 2.36. The molecule has 0 aliphatic carbocycles. The number of nitrogens with zero attached hydrogens (tertiary/aromatic N) is 1. The van der Waals surface area contributed by atoms with E-state index in [4.69, 9.17) is 11.6 Å². The summed E-state index contributed by atoms with van der Waals surface area (Å²) < 4.78 is 40.9. The van der Waals surface area contributed by atoms with Crippen LogP contribution < -0.4 is 0 Å². The van der Waals surface area contributed by atoms with Gasteiger partial charge in [-0.05, 0) is 47.9 Å². The maximum atomic E-state index is 13.5. The predicted molar refractivity (Wildman–Crippen MR) is 86.3 cm³/mol. The second-order valence-electron chi connectivity index (χ2n) is 5.51. The van der Waals surface area contributed by atoms with Crippen LogP contribution in [-0.4, -0.2) is 21.0 Å². The average molecular weight is 370 g/mol. The number of carboxylic acid groups (broad SMARTS) is 1. The van der Waals surface area contributed by atoms with Crippen LogP contribution in [0.5, 0.6) is 0 Å². The molecule has 2 aromatic carbocycles. The number of aromatic nitrogens is 1. The Kier molecular flexibility index (Phi) is 3.91. The number of hydrogen-bond acceptors (Lipinski definition) is 2. The van der Waals surface area contributed by atoms with Crippen LogP contribution in [0.3, 0.4) is 0 Å². The Morgan fingerprint density at radius 1 is 1.12 bits per heavy atom. The van der Waals surface area contributed by atoms with Crippen LogP contribution in [0, 0.1) is 6.92 Å². The second-order valence-corrected chi connectivity index (χ2v) is 5.95. The van der Waals surface area contributed by atoms with Crippen molar-refractivity contribution >= 4 is 28.5 Å². The summed E-state index contributed by atoms with van der Waals surface area (Å²) in [6.45, 7) is 1.23. The fourth-order valence-electron chi connectivity index (χ4n) is 2.87. The summed E-state index contributed by atoms with van der Waals surface area (Å²) in [5.41, 5.74) is -1.36. The number of alkyl halides is 3. The molecule has 25 heavy (non-hydrogen) atoms. The molecule has 1 heterocycles. The van der Waals surface area contributed by atoms with E-state index in [0.29, 0.717) is 10.6 Å². The van der Waals surface area contributed by atoms with E-state index in [9.17, 15) is 28.3 Å². The van der Waals surface area contributed by atoms with Crippen molar-refractivity contribution < 1.29 is 28.3 Å². The molecule has 0 saturated heterocycles. The lowest BCUT2D eigenvalue weighted by molar-refractivity contribution is -0.136. The van der Waals surface area contributed by atoms with Gasteiger partial charge in [-0.2, -0.15) is 17.9 Å². The van der Waals surface area contributed by atoms with Crippen LogP contribution in [0.15, 0.2) is 36.4 Å². The number of aromatic carboxylic acids is 1. The van der Waals surface area contributed by atoms with Crippen LogP contribution in [0.1, 0.15) is 21.6 Å². The standard InChI is InChI=1S/C17H11ClF3NO3/c1-8-14-12(17(19,20)21)6-10(9-2-4-11(18)5-3-9)7-13(14)22(25)15(8)16(23)24/h2-7,25H,1H3,(H,23,24). The largest absolute Gasteiger partial charge is 0.476 e. The summed E-state index contributed by atoms with van der Waals surface area (Å²) in [6, 6.07) is 8.39. The Bertz CT molecular complexity index is 991. The van der Waals surface area contributed by atoms with Gasteiger partial charge in [0.25, 0.3) is 0 Å². The molecule has 0 aliphatic rings. The summed E-state index contributed by atoms with van der Waals surface area (Å²) >= 11 is 5.79. The molecule has 4 nitrogen and oxygen atoms in total. The zero-order valence-corrected chi connectivity index (χ0v) is 13.5. The highest BCUT2D eigenvalue weighted by atomic mass is 35.5. The number of halogens is 4. The fraction of sp³-hybridized carbons (Fsp3) is 0.118. The first-order valence-electron chi connectivity index (χ1n) is 7.06. The zero-order chi connectivity index (χ0) is 18.5. The van der Waals surface area contributed by atoms with Gasteiger partial charge in [0.2, 0.25) is 0 Å². The molecule has 0 unspecified atom stereocenters. The van der Waals surface area contributed by atoms with E-state index in [1.54, 1.807) is 12.1 Å². The SMILES string of the molecule is Cc1c(C(=O)O)n(O)c2cc(-c3ccc(Cl)cc3)cc(C(F)(F)F)c12. The van der Waals surface area contributed by atoms with Crippen molar-refractivity contribution in [3.63, 3.8) is 0 Å². The minimum atomic E-state index is -4.72. The highest BCUT2D eigenvalue weighted by Crippen LogP contribution is 2.41. The molecular weight excluding hydrogens is 359 g/mol. The molecule has 1 aromatic heterocycles. The summed E-state index contributed by atoms with van der Waals surface area (Å²) in [6.07, 6.45) is -4.72. The maximum Gasteiger partial charge on any atom is 0.417 e. The summed E-state index contributed by atoms with van der Waals surface area (Å²) in [5.74, 6) is -1.52. The fourth-order valence-corrected chi connectivity index (χ4v) is 3.00. The summed E-state index contributed by atoms with van der Waals surface area (Å²) in [4.78, 5) is 11.3. The van der Waals surface area contributed by atoms with E-state index < -0.39 is 23.4 Å². The van der Waals surface area contributed by atoms with Crippen molar-refractivity contribution in [1.82, 2.24) is 4.73 Å². The second kappa shape index (κ2) is 5.70. The van der Waals surface area contributed by atoms with Crippen LogP contribution in [-0.2, 0) is 6.18 Å². The average Bonchev–Trinajstić information content (AvgIpc) is 2.77. The molecule has 8 heteroatoms. The van der Waals surface area contributed by atoms with E-state index in [1.807, 2.05) is 0 Å². The minimum absolute atomic E-state index is 0.153. The van der Waals surface area contributed by atoms with Crippen LogP contribution in [0.25, 0.3) is 22.0 Å². The Morgan fingerprint density at radius 3 is 2.24 bits per heavy atom. The number of aryl methyl sites for hydroxylation is 1. The normalized spacial score (nSPS) is 11.9. The maximum absolute atomic E-state index is 13.5. The van der Waals surface area contributed by atoms with Crippen LogP contribution in [0.2, 0.25) is 5.02 Å². The molecular formula is C17H11ClF3NO3. The van der Waals surface area contributed by atoms with Crippen molar-refractivity contribution in [2.45, 2.75) is 13.1 Å². The lowest BCUT2D eigenvalue weighted by Crippen LogP contribution is -2.06. The quantitative estimate of drug-likeness (QED) is 0.608. The van der Waals surface area contributed by atoms with E-state index in [-0.39, 0.29) is 26.8 Å². The molecule has 0 atom stereocenters. The van der Waals surface area contributed by atoms with Gasteiger partial charge in [-0.25, -0.2) is 4.79 Å². The summed E-state index contributed by atoms with van der Waals surface area (Å²) in [5, 5.41) is 19.4. The highest BCUT2D eigenvalue weighted by molar-refractivity contribution is 6.30. The molecule has 0 fully saturated rings. The molecule has 2 N–H and O–H groups in total. The van der Waals surface area contributed by atoms with E-state index >= 15 is 0 Å². The molecule has 0 amide bonds. The van der Waals surface area contributed by atoms with Crippen molar-refractivity contribution in [3.05, 3.63) is 58.2 Å². The molecule has 0 aliphatic heterocycles. The van der Waals surface area contributed by atoms with Crippen molar-refractivity contribution in [2.75, 3.05) is 0 Å². The monoisotopic (exact) mass is 369 g/mol. The lowest BCUT2D eigenvalue weighted by atomic mass is 9.98. The molecule has 0 bridgehead atoms. The first-order valence-corrected chi connectivity index (χ1v) is 7.43. The number of carboxylic acids is 1. The van der Waals surface area contributed by atoms with Gasteiger partial charge in [0.1, 0.15) is 0 Å². The third-order valence-corrected chi connectivity index (χ3v) is 4.23. The Balaban J connectivity index is 2.42. The van der Waals surface area contributed by atoms with Gasteiger partial charge in [0.05, 0.1) is 11.1 Å². The topological polar surface area (TPSA) is 62.5 Å². The van der Waals surface area contributed by atoms with Gasteiger partial charge in [-0.1, -0.05) is 23.7 Å². The third-order valence-electron chi connectivity index (χ3n) is 3.97. The number of fused-ring (bicyclic) bond motifs is 1. The number of rotatable bonds is 2. The number of carbonyl (C=O) groups is 1. The van der Waals surface area contributed by atoms with Gasteiger partial charge < -0.3 is 10.3 Å². The van der Waals surface area contributed by atoms with Gasteiger partial charge in [0, 0.05) is 10.4 Å². The number of hydrogen-bond donors (Lipinski definition) is 2. The smallest absolute Gasteiger partial charge is 0.417 e. The Morgan fingerprint density at radius 2 is 1.72 bits per heavy atom. The van der Waals surface area contributed by atoms with Crippen molar-refractivity contribution in [1.29, 1.82) is 0 Å². The van der Waals surface area contributed by atoms with Crippen molar-refractivity contribution in [3.8, 4) is 11.1 Å². The molecule has 0 saturated carbocycles. The Labute approximate surface area is 144 Å². The van der Waals surface area contributed by atoms with Gasteiger partial charge in [0.15, 0.2) is 5.69 Å². The zero-order valence-electron chi connectivity index (χ0n) is 12.7. The van der Waals surface area contributed by atoms with Crippen molar-refractivity contribution in [2.24, 2.45) is 0 Å². The summed E-state index contributed by atoms with van der Waals surface area (Å²) in [7, 11) is 0. The van der Waals surface area contributed by atoms with E-state index in [2.05, 4.69) is 0 Å². The first-order chi connectivity index (χ1) is 11.6. The Hall–Kier alpha value is -2.67. The third kappa shape index (κ3) is 2.80. The number of benzene rings is 2. The predicted octanol–water partition coefficient (Wildman–Crippen LogP) is 5.22. The molecule has 3 rings (SSSR count). The first kappa shape index (κ1) is 17.2. The molecule has 3 aromatic rings. The van der Waals surface area contributed by atoms with Gasteiger partial charge in [-0.15, -0.1) is 0 Å². The van der Waals surface area contributed by atoms with Gasteiger partial charge in [-0.3, -0.25) is 0 Å².